The fraction of sp³-hybridized carbons (Fsp3) is 0.267. The lowest BCUT2D eigenvalue weighted by atomic mass is 10.1. The van der Waals surface area contributed by atoms with Gasteiger partial charge < -0.3 is 10.2 Å². The van der Waals surface area contributed by atoms with Crippen molar-refractivity contribution in [3.8, 4) is 0 Å². The van der Waals surface area contributed by atoms with Crippen LogP contribution in [-0.4, -0.2) is 27.3 Å². The molecule has 0 saturated carbocycles. The lowest BCUT2D eigenvalue weighted by Crippen LogP contribution is -2.22. The Morgan fingerprint density at radius 3 is 2.75 bits per heavy atom. The van der Waals surface area contributed by atoms with E-state index in [4.69, 9.17) is 4.84 Å². The molecular weight excluding hydrogens is 258 g/mol. The third-order valence-corrected chi connectivity index (χ3v) is 3.74. The van der Waals surface area contributed by atoms with E-state index in [-0.39, 0.29) is 11.8 Å². The second-order valence-electron chi connectivity index (χ2n) is 4.96. The standard InChI is InChI=1S/C15H15NO4/c1-8-9(2)20-16(14(8)15(18)19)12-7-13(17)11-6-4-3-5-10(11)12/h3-7,9,13,17H,1-2H3,(H,18,19). The molecule has 1 aliphatic carbocycles. The Morgan fingerprint density at radius 1 is 1.35 bits per heavy atom. The molecule has 1 aliphatic heterocycles. The van der Waals surface area contributed by atoms with Gasteiger partial charge in [0.2, 0.25) is 0 Å². The van der Waals surface area contributed by atoms with Crippen LogP contribution in [0.3, 0.4) is 0 Å². The molecule has 0 radical (unpaired) electrons. The predicted molar refractivity (Wildman–Crippen MR) is 72.1 cm³/mol. The van der Waals surface area contributed by atoms with Crippen LogP contribution >= 0.6 is 0 Å². The van der Waals surface area contributed by atoms with Crippen LogP contribution in [0.5, 0.6) is 0 Å². The molecule has 0 saturated heterocycles. The van der Waals surface area contributed by atoms with Crippen LogP contribution in [0.15, 0.2) is 41.6 Å². The van der Waals surface area contributed by atoms with Crippen molar-refractivity contribution in [3.63, 3.8) is 0 Å². The maximum atomic E-state index is 11.4. The van der Waals surface area contributed by atoms with E-state index in [1.54, 1.807) is 19.9 Å². The Labute approximate surface area is 116 Å². The van der Waals surface area contributed by atoms with Crippen molar-refractivity contribution < 1.29 is 19.8 Å². The first kappa shape index (κ1) is 12.9. The first-order chi connectivity index (χ1) is 9.50. The van der Waals surface area contributed by atoms with Gasteiger partial charge in [0.25, 0.3) is 0 Å². The van der Waals surface area contributed by atoms with Crippen molar-refractivity contribution >= 4 is 11.7 Å². The highest BCUT2D eigenvalue weighted by atomic mass is 16.7. The van der Waals surface area contributed by atoms with Crippen molar-refractivity contribution in [1.29, 1.82) is 0 Å². The molecule has 20 heavy (non-hydrogen) atoms. The topological polar surface area (TPSA) is 70.0 Å². The van der Waals surface area contributed by atoms with Crippen LogP contribution in [0.1, 0.15) is 31.1 Å². The van der Waals surface area contributed by atoms with E-state index in [2.05, 4.69) is 0 Å². The highest BCUT2D eigenvalue weighted by Gasteiger charge is 2.37. The maximum absolute atomic E-state index is 11.4. The number of rotatable bonds is 2. The molecule has 5 nitrogen and oxygen atoms in total. The number of hydroxylamine groups is 2. The average Bonchev–Trinajstić information content (AvgIpc) is 2.89. The fourth-order valence-electron chi connectivity index (χ4n) is 2.57. The van der Waals surface area contributed by atoms with Gasteiger partial charge in [0.1, 0.15) is 12.2 Å². The van der Waals surface area contributed by atoms with Gasteiger partial charge in [-0.25, -0.2) is 9.86 Å². The molecule has 3 rings (SSSR count). The molecule has 0 aromatic heterocycles. The molecule has 0 amide bonds. The smallest absolute Gasteiger partial charge is 0.355 e. The van der Waals surface area contributed by atoms with Crippen LogP contribution in [0.2, 0.25) is 0 Å². The van der Waals surface area contributed by atoms with Crippen molar-refractivity contribution in [2.45, 2.75) is 26.1 Å². The van der Waals surface area contributed by atoms with Gasteiger partial charge >= 0.3 is 5.97 Å². The molecule has 2 unspecified atom stereocenters. The van der Waals surface area contributed by atoms with Crippen LogP contribution < -0.4 is 0 Å². The van der Waals surface area contributed by atoms with Gasteiger partial charge in [0.15, 0.2) is 5.70 Å². The number of carboxylic acids is 1. The lowest BCUT2D eigenvalue weighted by Gasteiger charge is -2.21. The van der Waals surface area contributed by atoms with Crippen LogP contribution in [-0.2, 0) is 9.63 Å². The summed E-state index contributed by atoms with van der Waals surface area (Å²) in [5.74, 6) is -1.04. The summed E-state index contributed by atoms with van der Waals surface area (Å²) >= 11 is 0. The molecule has 0 fully saturated rings. The van der Waals surface area contributed by atoms with Crippen molar-refractivity contribution in [2.75, 3.05) is 0 Å². The summed E-state index contributed by atoms with van der Waals surface area (Å²) in [5.41, 5.74) is 2.91. The maximum Gasteiger partial charge on any atom is 0.355 e. The lowest BCUT2D eigenvalue weighted by molar-refractivity contribution is -0.141. The molecule has 5 heteroatoms. The number of hydrogen-bond donors (Lipinski definition) is 2. The Morgan fingerprint density at radius 2 is 2.05 bits per heavy atom. The van der Waals surface area contributed by atoms with Crippen molar-refractivity contribution in [2.24, 2.45) is 0 Å². The Balaban J connectivity index is 2.08. The Hall–Kier alpha value is -2.11. The zero-order valence-electron chi connectivity index (χ0n) is 11.2. The normalized spacial score (nSPS) is 24.9. The molecule has 1 heterocycles. The Kier molecular flexibility index (Phi) is 2.88. The van der Waals surface area contributed by atoms with Crippen molar-refractivity contribution in [3.05, 3.63) is 52.7 Å². The molecule has 104 valence electrons. The molecule has 2 N–H and O–H groups in total. The van der Waals surface area contributed by atoms with E-state index in [0.29, 0.717) is 11.3 Å². The second-order valence-corrected chi connectivity index (χ2v) is 4.96. The van der Waals surface area contributed by atoms with E-state index < -0.39 is 12.1 Å². The van der Waals surface area contributed by atoms with E-state index in [1.807, 2.05) is 24.3 Å². The molecule has 1 aromatic carbocycles. The highest BCUT2D eigenvalue weighted by Crippen LogP contribution is 2.41. The molecule has 1 aromatic rings. The van der Waals surface area contributed by atoms with Crippen molar-refractivity contribution in [1.82, 2.24) is 5.06 Å². The molecule has 0 bridgehead atoms. The summed E-state index contributed by atoms with van der Waals surface area (Å²) in [7, 11) is 0. The minimum absolute atomic E-state index is 0.118. The predicted octanol–water partition coefficient (Wildman–Crippen LogP) is 2.07. The summed E-state index contributed by atoms with van der Waals surface area (Å²) in [5, 5.41) is 20.7. The van der Waals surface area contributed by atoms with Crippen LogP contribution in [0.4, 0.5) is 0 Å². The Bertz CT molecular complexity index is 647. The number of aliphatic carboxylic acids is 1. The second kappa shape index (κ2) is 4.47. The number of nitrogens with zero attached hydrogens (tertiary/aromatic N) is 1. The summed E-state index contributed by atoms with van der Waals surface area (Å²) in [6.07, 6.45) is 0.571. The largest absolute Gasteiger partial charge is 0.476 e. The van der Waals surface area contributed by atoms with Gasteiger partial charge in [-0.1, -0.05) is 24.3 Å². The summed E-state index contributed by atoms with van der Waals surface area (Å²) < 4.78 is 0. The first-order valence-electron chi connectivity index (χ1n) is 6.41. The van der Waals surface area contributed by atoms with Gasteiger partial charge in [-0.3, -0.25) is 4.84 Å². The van der Waals surface area contributed by atoms with Crippen LogP contribution in [0.25, 0.3) is 5.70 Å². The summed E-state index contributed by atoms with van der Waals surface area (Å²) in [6.45, 7) is 3.54. The SMILES string of the molecule is CC1=C(C(=O)O)N(C2=CC(O)c3ccccc32)OC1C. The number of hydrogen-bond acceptors (Lipinski definition) is 4. The van der Waals surface area contributed by atoms with Gasteiger partial charge in [-0.2, -0.15) is 0 Å². The minimum atomic E-state index is -1.04. The number of fused-ring (bicyclic) bond motifs is 1. The molecular formula is C15H15NO4. The first-order valence-corrected chi connectivity index (χ1v) is 6.41. The number of aliphatic hydroxyl groups excluding tert-OH is 1. The monoisotopic (exact) mass is 273 g/mol. The van der Waals surface area contributed by atoms with Gasteiger partial charge in [0.05, 0.1) is 5.70 Å². The minimum Gasteiger partial charge on any atom is -0.476 e. The zero-order valence-corrected chi connectivity index (χ0v) is 11.2. The zero-order chi connectivity index (χ0) is 14.4. The third-order valence-electron chi connectivity index (χ3n) is 3.74. The van der Waals surface area contributed by atoms with E-state index >= 15 is 0 Å². The van der Waals surface area contributed by atoms with Gasteiger partial charge in [0, 0.05) is 5.56 Å². The van der Waals surface area contributed by atoms with E-state index in [9.17, 15) is 15.0 Å². The van der Waals surface area contributed by atoms with E-state index in [0.717, 1.165) is 11.1 Å². The quantitative estimate of drug-likeness (QED) is 0.863. The molecule has 2 atom stereocenters. The number of carboxylic acid groups (broad SMARTS) is 1. The number of carbonyl (C=O) groups is 1. The van der Waals surface area contributed by atoms with E-state index in [1.165, 1.54) is 5.06 Å². The average molecular weight is 273 g/mol. The number of aliphatic hydroxyl groups is 1. The third kappa shape index (κ3) is 1.75. The highest BCUT2D eigenvalue weighted by molar-refractivity contribution is 5.90. The fourth-order valence-corrected chi connectivity index (χ4v) is 2.57. The summed E-state index contributed by atoms with van der Waals surface area (Å²) in [4.78, 5) is 17.1. The summed E-state index contributed by atoms with van der Waals surface area (Å²) in [6, 6.07) is 7.35. The van der Waals surface area contributed by atoms with Gasteiger partial charge in [-0.05, 0) is 31.1 Å². The van der Waals surface area contributed by atoms with Crippen LogP contribution in [0, 0.1) is 0 Å². The molecule has 2 aliphatic rings. The van der Waals surface area contributed by atoms with Gasteiger partial charge in [-0.15, -0.1) is 0 Å². The molecule has 0 spiro atoms. The number of benzene rings is 1.